The quantitative estimate of drug-likeness (QED) is 0.205. The summed E-state index contributed by atoms with van der Waals surface area (Å²) >= 11 is 6.59. The van der Waals surface area contributed by atoms with Gasteiger partial charge in [-0.1, -0.05) is 54.1 Å². The first-order chi connectivity index (χ1) is 22.3. The number of anilines is 1. The van der Waals surface area contributed by atoms with Crippen LogP contribution in [0.4, 0.5) is 32.0 Å². The number of aromatic nitrogens is 2. The summed E-state index contributed by atoms with van der Waals surface area (Å²) in [5.74, 6) is -0.570. The SMILES string of the molecule is O=C(c1cc(C(F)(F)F)cc(C(F)(F)F)c1)N1CCC2(CC1)C(=O)N(Cc1nccn1Cc1ccccc1)CN2c1ccccc1Cl. The van der Waals surface area contributed by atoms with Crippen LogP contribution < -0.4 is 4.90 Å². The number of imidazole rings is 1. The second kappa shape index (κ2) is 12.3. The highest BCUT2D eigenvalue weighted by Crippen LogP contribution is 2.43. The number of piperidine rings is 1. The van der Waals surface area contributed by atoms with Gasteiger partial charge in [-0.25, -0.2) is 4.98 Å². The summed E-state index contributed by atoms with van der Waals surface area (Å²) in [6, 6.07) is 17.6. The molecule has 1 spiro atoms. The van der Waals surface area contributed by atoms with E-state index in [1.54, 1.807) is 35.4 Å². The fourth-order valence-electron chi connectivity index (χ4n) is 6.29. The Labute approximate surface area is 271 Å². The molecule has 0 N–H and O–H groups in total. The molecule has 0 atom stereocenters. The second-order valence-electron chi connectivity index (χ2n) is 11.6. The van der Waals surface area contributed by atoms with Gasteiger partial charge in [-0.15, -0.1) is 0 Å². The Morgan fingerprint density at radius 2 is 1.47 bits per heavy atom. The Bertz CT molecular complexity index is 1750. The zero-order valence-electron chi connectivity index (χ0n) is 24.7. The highest BCUT2D eigenvalue weighted by atomic mass is 35.5. The maximum absolute atomic E-state index is 14.3. The van der Waals surface area contributed by atoms with E-state index < -0.39 is 40.5 Å². The summed E-state index contributed by atoms with van der Waals surface area (Å²) in [5.41, 5.74) is -3.39. The van der Waals surface area contributed by atoms with Gasteiger partial charge in [0.2, 0.25) is 5.91 Å². The number of carbonyl (C=O) groups is 2. The third kappa shape index (κ3) is 6.40. The largest absolute Gasteiger partial charge is 0.416 e. The molecule has 0 saturated carbocycles. The van der Waals surface area contributed by atoms with Crippen LogP contribution in [0.1, 0.15) is 45.7 Å². The molecule has 47 heavy (non-hydrogen) atoms. The molecule has 4 aromatic rings. The molecule has 2 amide bonds. The Morgan fingerprint density at radius 1 is 0.851 bits per heavy atom. The molecule has 3 heterocycles. The lowest BCUT2D eigenvalue weighted by Gasteiger charge is -2.43. The molecule has 14 heteroatoms. The van der Waals surface area contributed by atoms with Crippen molar-refractivity contribution in [3.8, 4) is 0 Å². The Kier molecular flexibility index (Phi) is 8.45. The fourth-order valence-corrected chi connectivity index (χ4v) is 6.53. The molecule has 1 aromatic heterocycles. The normalized spacial score (nSPS) is 16.7. The molecule has 0 radical (unpaired) electrons. The molecule has 0 bridgehead atoms. The first-order valence-electron chi connectivity index (χ1n) is 14.7. The molecule has 3 aromatic carbocycles. The molecule has 2 saturated heterocycles. The van der Waals surface area contributed by atoms with Crippen LogP contribution in [0.5, 0.6) is 0 Å². The number of alkyl halides is 6. The lowest BCUT2D eigenvalue weighted by molar-refractivity contribution is -0.143. The maximum Gasteiger partial charge on any atom is 0.416 e. The Morgan fingerprint density at radius 3 is 2.09 bits per heavy atom. The first-order valence-corrected chi connectivity index (χ1v) is 15.1. The molecule has 2 fully saturated rings. The topological polar surface area (TPSA) is 61.7 Å². The number of benzene rings is 3. The molecule has 0 unspecified atom stereocenters. The molecule has 0 aliphatic carbocycles. The summed E-state index contributed by atoms with van der Waals surface area (Å²) in [5, 5.41) is 0.397. The van der Waals surface area contributed by atoms with Crippen molar-refractivity contribution < 1.29 is 35.9 Å². The zero-order valence-corrected chi connectivity index (χ0v) is 25.5. The Balaban J connectivity index is 1.27. The average Bonchev–Trinajstić information content (AvgIpc) is 3.58. The van der Waals surface area contributed by atoms with Gasteiger partial charge in [0.1, 0.15) is 11.4 Å². The first kappa shape index (κ1) is 32.4. The van der Waals surface area contributed by atoms with Gasteiger partial charge >= 0.3 is 12.4 Å². The highest BCUT2D eigenvalue weighted by molar-refractivity contribution is 6.33. The van der Waals surface area contributed by atoms with Crippen molar-refractivity contribution in [3.63, 3.8) is 0 Å². The summed E-state index contributed by atoms with van der Waals surface area (Å²) in [4.78, 5) is 36.8. The Hall–Kier alpha value is -4.52. The van der Waals surface area contributed by atoms with Gasteiger partial charge in [0.25, 0.3) is 5.91 Å². The van der Waals surface area contributed by atoms with Gasteiger partial charge in [-0.05, 0) is 48.7 Å². The predicted molar refractivity (Wildman–Crippen MR) is 161 cm³/mol. The summed E-state index contributed by atoms with van der Waals surface area (Å²) in [6.45, 7) is 0.700. The van der Waals surface area contributed by atoms with Crippen molar-refractivity contribution in [2.24, 2.45) is 0 Å². The van der Waals surface area contributed by atoms with Crippen LogP contribution >= 0.6 is 11.6 Å². The van der Waals surface area contributed by atoms with Crippen molar-refractivity contribution in [1.29, 1.82) is 0 Å². The van der Waals surface area contributed by atoms with Gasteiger partial charge in [0, 0.05) is 37.6 Å². The summed E-state index contributed by atoms with van der Waals surface area (Å²) in [7, 11) is 0. The van der Waals surface area contributed by atoms with Crippen molar-refractivity contribution in [1.82, 2.24) is 19.4 Å². The highest BCUT2D eigenvalue weighted by Gasteiger charge is 2.54. The number of para-hydroxylation sites is 1. The van der Waals surface area contributed by atoms with E-state index >= 15 is 0 Å². The number of rotatable bonds is 6. The standard InChI is InChI=1S/C33H28ClF6N5O2/c34-26-8-4-5-9-27(26)45-21-44(20-28-41-12-15-43(28)19-22-6-2-1-3-7-22)30(47)31(45)10-13-42(14-11-31)29(46)23-16-24(32(35,36)37)18-25(17-23)33(38,39)40/h1-9,12,15-18H,10-11,13-14,19-21H2. The van der Waals surface area contributed by atoms with E-state index in [9.17, 15) is 35.9 Å². The maximum atomic E-state index is 14.3. The summed E-state index contributed by atoms with van der Waals surface area (Å²) in [6.07, 6.45) is -6.55. The number of carbonyl (C=O) groups excluding carboxylic acids is 2. The van der Waals surface area contributed by atoms with E-state index in [2.05, 4.69) is 4.98 Å². The smallest absolute Gasteiger partial charge is 0.338 e. The van der Waals surface area contributed by atoms with E-state index in [0.717, 1.165) is 5.56 Å². The van der Waals surface area contributed by atoms with E-state index in [0.29, 0.717) is 35.2 Å². The minimum atomic E-state index is -5.09. The van der Waals surface area contributed by atoms with Crippen LogP contribution in [0.2, 0.25) is 5.02 Å². The van der Waals surface area contributed by atoms with Crippen LogP contribution in [0, 0.1) is 0 Å². The van der Waals surface area contributed by atoms with Crippen LogP contribution in [0.25, 0.3) is 0 Å². The van der Waals surface area contributed by atoms with Crippen molar-refractivity contribution in [2.75, 3.05) is 24.7 Å². The van der Waals surface area contributed by atoms with E-state index in [-0.39, 0.29) is 51.1 Å². The number of hydrogen-bond donors (Lipinski definition) is 0. The summed E-state index contributed by atoms with van der Waals surface area (Å²) < 4.78 is 82.8. The van der Waals surface area contributed by atoms with Crippen molar-refractivity contribution in [2.45, 2.75) is 43.8 Å². The number of halogens is 7. The van der Waals surface area contributed by atoms with Crippen LogP contribution in [0.3, 0.4) is 0 Å². The zero-order chi connectivity index (χ0) is 33.6. The molecule has 246 valence electrons. The minimum Gasteiger partial charge on any atom is -0.338 e. The molecule has 2 aliphatic heterocycles. The van der Waals surface area contributed by atoms with Gasteiger partial charge in [-0.2, -0.15) is 26.3 Å². The lowest BCUT2D eigenvalue weighted by Crippen LogP contribution is -2.57. The molecule has 7 nitrogen and oxygen atoms in total. The molecule has 6 rings (SSSR count). The third-order valence-corrected chi connectivity index (χ3v) is 9.02. The molecular weight excluding hydrogens is 648 g/mol. The van der Waals surface area contributed by atoms with Crippen molar-refractivity contribution >= 4 is 29.1 Å². The minimum absolute atomic E-state index is 0.0135. The molecule has 2 aliphatic rings. The number of amides is 2. The van der Waals surface area contributed by atoms with Gasteiger partial charge in [0.15, 0.2) is 0 Å². The number of hydrogen-bond acceptors (Lipinski definition) is 4. The van der Waals surface area contributed by atoms with Crippen molar-refractivity contribution in [3.05, 3.63) is 118 Å². The van der Waals surface area contributed by atoms with E-state index in [1.807, 2.05) is 46.0 Å². The monoisotopic (exact) mass is 675 g/mol. The predicted octanol–water partition coefficient (Wildman–Crippen LogP) is 7.10. The second-order valence-corrected chi connectivity index (χ2v) is 12.0. The van der Waals surface area contributed by atoms with Crippen LogP contribution in [-0.4, -0.2) is 56.5 Å². The number of nitrogens with zero attached hydrogens (tertiary/aromatic N) is 5. The fraction of sp³-hybridized carbons (Fsp3) is 0.303. The van der Waals surface area contributed by atoms with E-state index in [4.69, 9.17) is 11.6 Å². The van der Waals surface area contributed by atoms with Gasteiger partial charge in [0.05, 0.1) is 35.1 Å². The van der Waals surface area contributed by atoms with E-state index in [1.165, 1.54) is 4.90 Å². The van der Waals surface area contributed by atoms with Gasteiger partial charge < -0.3 is 19.3 Å². The number of likely N-dealkylation sites (tertiary alicyclic amines) is 1. The van der Waals surface area contributed by atoms with Gasteiger partial charge in [-0.3, -0.25) is 9.59 Å². The van der Waals surface area contributed by atoms with Crippen LogP contribution in [-0.2, 0) is 30.2 Å². The lowest BCUT2D eigenvalue weighted by atomic mass is 9.85. The molecular formula is C33H28ClF6N5O2. The third-order valence-electron chi connectivity index (χ3n) is 8.70. The average molecular weight is 676 g/mol. The van der Waals surface area contributed by atoms with Crippen LogP contribution in [0.15, 0.2) is 85.2 Å².